The Bertz CT molecular complexity index is 401. The molecule has 1 aliphatic heterocycles. The number of para-hydroxylation sites is 1. The first-order valence-corrected chi connectivity index (χ1v) is 5.70. The van der Waals surface area contributed by atoms with Gasteiger partial charge >= 0.3 is 0 Å². The number of carbonyl (C=O) groups is 1. The van der Waals surface area contributed by atoms with Crippen molar-refractivity contribution in [2.24, 2.45) is 11.7 Å². The fourth-order valence-corrected chi connectivity index (χ4v) is 1.94. The Hall–Kier alpha value is -1.35. The smallest absolute Gasteiger partial charge is 0.166 e. The van der Waals surface area contributed by atoms with E-state index in [1.54, 1.807) is 0 Å². The number of hydrogen-bond donors (Lipinski definition) is 1. The van der Waals surface area contributed by atoms with Gasteiger partial charge in [-0.2, -0.15) is 0 Å². The van der Waals surface area contributed by atoms with Crippen molar-refractivity contribution < 1.29 is 9.53 Å². The fraction of sp³-hybridized carbons (Fsp3) is 0.462. The van der Waals surface area contributed by atoms with E-state index in [-0.39, 0.29) is 11.7 Å². The van der Waals surface area contributed by atoms with Gasteiger partial charge in [-0.05, 0) is 24.1 Å². The van der Waals surface area contributed by atoms with Gasteiger partial charge in [-0.15, -0.1) is 0 Å². The highest BCUT2D eigenvalue weighted by Crippen LogP contribution is 2.30. The summed E-state index contributed by atoms with van der Waals surface area (Å²) >= 11 is 0. The van der Waals surface area contributed by atoms with Crippen LogP contribution in [0.15, 0.2) is 18.2 Å². The van der Waals surface area contributed by atoms with Crippen molar-refractivity contribution >= 4 is 5.78 Å². The van der Waals surface area contributed by atoms with Crippen LogP contribution in [0.3, 0.4) is 0 Å². The molecule has 0 amide bonds. The monoisotopic (exact) mass is 219 g/mol. The summed E-state index contributed by atoms with van der Waals surface area (Å²) in [5.74, 6) is 1.15. The summed E-state index contributed by atoms with van der Waals surface area (Å²) < 4.78 is 5.51. The number of carbonyl (C=O) groups excluding carboxylic acids is 1. The van der Waals surface area contributed by atoms with E-state index in [9.17, 15) is 4.79 Å². The van der Waals surface area contributed by atoms with Gasteiger partial charge in [-0.1, -0.05) is 19.1 Å². The van der Waals surface area contributed by atoms with E-state index in [4.69, 9.17) is 10.5 Å². The molecule has 0 spiro atoms. The first-order valence-electron chi connectivity index (χ1n) is 5.70. The predicted octanol–water partition coefficient (Wildman–Crippen LogP) is 1.79. The van der Waals surface area contributed by atoms with Crippen molar-refractivity contribution in [1.29, 1.82) is 0 Å². The second kappa shape index (κ2) is 4.66. The lowest BCUT2D eigenvalue weighted by atomic mass is 9.97. The van der Waals surface area contributed by atoms with Gasteiger partial charge in [0.05, 0.1) is 12.2 Å². The number of nitrogens with two attached hydrogens (primary N) is 1. The Labute approximate surface area is 95.6 Å². The Balaban J connectivity index is 2.21. The van der Waals surface area contributed by atoms with Gasteiger partial charge in [-0.3, -0.25) is 4.79 Å². The number of benzene rings is 1. The van der Waals surface area contributed by atoms with E-state index in [1.807, 2.05) is 25.1 Å². The van der Waals surface area contributed by atoms with Gasteiger partial charge in [0.15, 0.2) is 5.78 Å². The first-order chi connectivity index (χ1) is 7.72. The van der Waals surface area contributed by atoms with Crippen molar-refractivity contribution in [3.63, 3.8) is 0 Å². The topological polar surface area (TPSA) is 52.3 Å². The molecule has 3 heteroatoms. The summed E-state index contributed by atoms with van der Waals surface area (Å²) in [7, 11) is 0. The molecule has 2 rings (SSSR count). The van der Waals surface area contributed by atoms with Crippen molar-refractivity contribution in [2.45, 2.75) is 19.8 Å². The number of ketones is 1. The molecule has 1 atom stereocenters. The van der Waals surface area contributed by atoms with Crippen LogP contribution in [-0.2, 0) is 6.42 Å². The summed E-state index contributed by atoms with van der Waals surface area (Å²) in [6.45, 7) is 3.22. The van der Waals surface area contributed by atoms with Crippen LogP contribution in [-0.4, -0.2) is 18.9 Å². The van der Waals surface area contributed by atoms with Gasteiger partial charge in [-0.25, -0.2) is 0 Å². The highest BCUT2D eigenvalue weighted by atomic mass is 16.5. The molecule has 16 heavy (non-hydrogen) atoms. The molecule has 0 saturated carbocycles. The molecule has 1 unspecified atom stereocenters. The van der Waals surface area contributed by atoms with E-state index < -0.39 is 0 Å². The Morgan fingerprint density at radius 3 is 3.12 bits per heavy atom. The third kappa shape index (κ3) is 2.09. The van der Waals surface area contributed by atoms with E-state index >= 15 is 0 Å². The van der Waals surface area contributed by atoms with E-state index in [2.05, 4.69) is 0 Å². The zero-order chi connectivity index (χ0) is 11.5. The molecule has 1 heterocycles. The molecule has 86 valence electrons. The van der Waals surface area contributed by atoms with Crippen LogP contribution >= 0.6 is 0 Å². The standard InChI is InChI=1S/C13H17NO2/c1-9(8-14)7-12(15)11-4-2-3-10-5-6-16-13(10)11/h2-4,9H,5-8,14H2,1H3. The average molecular weight is 219 g/mol. The lowest BCUT2D eigenvalue weighted by Gasteiger charge is -2.10. The number of fused-ring (bicyclic) bond motifs is 1. The SMILES string of the molecule is CC(CN)CC(=O)c1cccc2c1OCC2. The van der Waals surface area contributed by atoms with Crippen LogP contribution in [0.5, 0.6) is 5.75 Å². The van der Waals surface area contributed by atoms with Crippen molar-refractivity contribution in [3.05, 3.63) is 29.3 Å². The van der Waals surface area contributed by atoms with Gasteiger partial charge in [0.2, 0.25) is 0 Å². The summed E-state index contributed by atoms with van der Waals surface area (Å²) in [6, 6.07) is 5.79. The molecular weight excluding hydrogens is 202 g/mol. The number of Topliss-reactive ketones (excluding diaryl/α,β-unsaturated/α-hetero) is 1. The highest BCUT2D eigenvalue weighted by Gasteiger charge is 2.21. The molecule has 0 aromatic heterocycles. The predicted molar refractivity (Wildman–Crippen MR) is 62.8 cm³/mol. The van der Waals surface area contributed by atoms with Crippen LogP contribution < -0.4 is 10.5 Å². The third-order valence-electron chi connectivity index (χ3n) is 2.95. The molecule has 1 aromatic carbocycles. The molecule has 0 aliphatic carbocycles. The molecule has 0 saturated heterocycles. The second-order valence-electron chi connectivity index (χ2n) is 4.36. The van der Waals surface area contributed by atoms with Gasteiger partial charge in [0, 0.05) is 12.8 Å². The van der Waals surface area contributed by atoms with Crippen molar-refractivity contribution in [2.75, 3.05) is 13.2 Å². The van der Waals surface area contributed by atoms with Crippen LogP contribution in [0.1, 0.15) is 29.3 Å². The molecule has 2 N–H and O–H groups in total. The summed E-state index contributed by atoms with van der Waals surface area (Å²) in [4.78, 5) is 12.0. The maximum Gasteiger partial charge on any atom is 0.166 e. The maximum absolute atomic E-state index is 12.0. The minimum atomic E-state index is 0.136. The Morgan fingerprint density at radius 1 is 1.56 bits per heavy atom. The summed E-state index contributed by atoms with van der Waals surface area (Å²) in [5.41, 5.74) is 7.39. The Kier molecular flexibility index (Phi) is 3.25. The van der Waals surface area contributed by atoms with Crippen molar-refractivity contribution in [1.82, 2.24) is 0 Å². The van der Waals surface area contributed by atoms with Crippen LogP contribution in [0, 0.1) is 5.92 Å². The molecule has 1 aromatic rings. The quantitative estimate of drug-likeness (QED) is 0.785. The van der Waals surface area contributed by atoms with E-state index in [1.165, 1.54) is 0 Å². The number of hydrogen-bond acceptors (Lipinski definition) is 3. The van der Waals surface area contributed by atoms with Crippen LogP contribution in [0.25, 0.3) is 0 Å². The van der Waals surface area contributed by atoms with Gasteiger partial charge in [0.1, 0.15) is 5.75 Å². The maximum atomic E-state index is 12.0. The Morgan fingerprint density at radius 2 is 2.38 bits per heavy atom. The second-order valence-corrected chi connectivity index (χ2v) is 4.36. The molecule has 0 bridgehead atoms. The third-order valence-corrected chi connectivity index (χ3v) is 2.95. The zero-order valence-corrected chi connectivity index (χ0v) is 9.53. The normalized spacial score (nSPS) is 15.4. The van der Waals surface area contributed by atoms with Gasteiger partial charge in [0.25, 0.3) is 0 Å². The van der Waals surface area contributed by atoms with Crippen LogP contribution in [0.2, 0.25) is 0 Å². The number of rotatable bonds is 4. The average Bonchev–Trinajstić information content (AvgIpc) is 2.76. The highest BCUT2D eigenvalue weighted by molar-refractivity contribution is 5.99. The minimum Gasteiger partial charge on any atom is -0.492 e. The lowest BCUT2D eigenvalue weighted by molar-refractivity contribution is 0.0963. The molecule has 0 radical (unpaired) electrons. The van der Waals surface area contributed by atoms with Crippen LogP contribution in [0.4, 0.5) is 0 Å². The molecular formula is C13H17NO2. The van der Waals surface area contributed by atoms with E-state index in [0.717, 1.165) is 23.3 Å². The fourth-order valence-electron chi connectivity index (χ4n) is 1.94. The lowest BCUT2D eigenvalue weighted by Crippen LogP contribution is -2.15. The number of ether oxygens (including phenoxy) is 1. The molecule has 0 fully saturated rings. The van der Waals surface area contributed by atoms with Gasteiger partial charge < -0.3 is 10.5 Å². The summed E-state index contributed by atoms with van der Waals surface area (Å²) in [5, 5.41) is 0. The first kappa shape index (κ1) is 11.1. The van der Waals surface area contributed by atoms with E-state index in [0.29, 0.717) is 19.6 Å². The minimum absolute atomic E-state index is 0.136. The van der Waals surface area contributed by atoms with Crippen molar-refractivity contribution in [3.8, 4) is 5.75 Å². The molecule has 3 nitrogen and oxygen atoms in total. The summed E-state index contributed by atoms with van der Waals surface area (Å²) in [6.07, 6.45) is 1.40. The zero-order valence-electron chi connectivity index (χ0n) is 9.53. The largest absolute Gasteiger partial charge is 0.492 e. The molecule has 1 aliphatic rings.